The van der Waals surface area contributed by atoms with Gasteiger partial charge in [0.15, 0.2) is 0 Å². The Morgan fingerprint density at radius 1 is 1.29 bits per heavy atom. The molecule has 21 heavy (non-hydrogen) atoms. The van der Waals surface area contributed by atoms with Crippen LogP contribution in [0.15, 0.2) is 24.3 Å². The van der Waals surface area contributed by atoms with Gasteiger partial charge in [0.05, 0.1) is 11.3 Å². The zero-order valence-corrected chi connectivity index (χ0v) is 13.0. The van der Waals surface area contributed by atoms with E-state index in [1.54, 1.807) is 16.4 Å². The lowest BCUT2D eigenvalue weighted by atomic mass is 9.85. The standard InChI is InChI=1S/C15H21NO4S/c1-2-16(10-12-4-3-5-12)21(19,20)11-13-6-8-14(9-7-13)15(17)18/h6-9,12H,2-5,10-11H2,1H3,(H,17,18). The Morgan fingerprint density at radius 2 is 1.90 bits per heavy atom. The highest BCUT2D eigenvalue weighted by Crippen LogP contribution is 2.28. The summed E-state index contributed by atoms with van der Waals surface area (Å²) in [6.45, 7) is 2.93. The topological polar surface area (TPSA) is 74.7 Å². The largest absolute Gasteiger partial charge is 0.478 e. The molecule has 5 nitrogen and oxygen atoms in total. The van der Waals surface area contributed by atoms with Gasteiger partial charge < -0.3 is 5.11 Å². The Labute approximate surface area is 125 Å². The van der Waals surface area contributed by atoms with Crippen LogP contribution in [0.3, 0.4) is 0 Å². The molecular formula is C15H21NO4S. The summed E-state index contributed by atoms with van der Waals surface area (Å²) in [6.07, 6.45) is 3.41. The SMILES string of the molecule is CCN(CC1CCC1)S(=O)(=O)Cc1ccc(C(=O)O)cc1. The summed E-state index contributed by atoms with van der Waals surface area (Å²) in [5, 5.41) is 8.84. The van der Waals surface area contributed by atoms with Crippen molar-refractivity contribution >= 4 is 16.0 Å². The normalized spacial score (nSPS) is 15.9. The Bertz CT molecular complexity index is 591. The van der Waals surface area contributed by atoms with E-state index < -0.39 is 16.0 Å². The predicted octanol–water partition coefficient (Wildman–Crippen LogP) is 2.34. The summed E-state index contributed by atoms with van der Waals surface area (Å²) in [7, 11) is -3.34. The summed E-state index contributed by atoms with van der Waals surface area (Å²) < 4.78 is 26.4. The smallest absolute Gasteiger partial charge is 0.335 e. The van der Waals surface area contributed by atoms with E-state index in [0.717, 1.165) is 12.8 Å². The minimum atomic E-state index is -3.34. The molecule has 0 heterocycles. The van der Waals surface area contributed by atoms with Crippen LogP contribution >= 0.6 is 0 Å². The number of carboxylic acid groups (broad SMARTS) is 1. The van der Waals surface area contributed by atoms with Crippen molar-refractivity contribution in [2.24, 2.45) is 5.92 Å². The van der Waals surface area contributed by atoms with Gasteiger partial charge in [0.1, 0.15) is 0 Å². The van der Waals surface area contributed by atoms with Crippen molar-refractivity contribution in [3.63, 3.8) is 0 Å². The molecule has 0 aliphatic heterocycles. The first kappa shape index (κ1) is 16.0. The molecule has 0 radical (unpaired) electrons. The average Bonchev–Trinajstić information content (AvgIpc) is 2.37. The average molecular weight is 311 g/mol. The molecule has 0 unspecified atom stereocenters. The molecule has 1 fully saturated rings. The van der Waals surface area contributed by atoms with Gasteiger partial charge in [0.25, 0.3) is 0 Å². The van der Waals surface area contributed by atoms with Gasteiger partial charge in [0.2, 0.25) is 10.0 Å². The molecule has 0 saturated heterocycles. The van der Waals surface area contributed by atoms with Crippen molar-refractivity contribution in [1.29, 1.82) is 0 Å². The Balaban J connectivity index is 2.05. The first-order valence-electron chi connectivity index (χ1n) is 7.22. The molecule has 0 aromatic heterocycles. The van der Waals surface area contributed by atoms with Crippen molar-refractivity contribution in [1.82, 2.24) is 4.31 Å². The van der Waals surface area contributed by atoms with E-state index in [9.17, 15) is 13.2 Å². The Hall–Kier alpha value is -1.40. The molecule has 6 heteroatoms. The second-order valence-corrected chi connectivity index (χ2v) is 7.47. The maximum atomic E-state index is 12.4. The number of carboxylic acids is 1. The number of carbonyl (C=O) groups is 1. The van der Waals surface area contributed by atoms with Crippen molar-refractivity contribution in [3.8, 4) is 0 Å². The van der Waals surface area contributed by atoms with Gasteiger partial charge in [-0.15, -0.1) is 0 Å². The summed E-state index contributed by atoms with van der Waals surface area (Å²) >= 11 is 0. The molecule has 0 amide bonds. The molecule has 2 rings (SSSR count). The van der Waals surface area contributed by atoms with Crippen LogP contribution in [-0.2, 0) is 15.8 Å². The lowest BCUT2D eigenvalue weighted by Gasteiger charge is -2.31. The van der Waals surface area contributed by atoms with Crippen molar-refractivity contribution < 1.29 is 18.3 Å². The number of hydrogen-bond donors (Lipinski definition) is 1. The second-order valence-electron chi connectivity index (χ2n) is 5.51. The first-order chi connectivity index (χ1) is 9.92. The molecule has 116 valence electrons. The quantitative estimate of drug-likeness (QED) is 0.838. The molecular weight excluding hydrogens is 290 g/mol. The Morgan fingerprint density at radius 3 is 2.33 bits per heavy atom. The lowest BCUT2D eigenvalue weighted by molar-refractivity contribution is 0.0697. The van der Waals surface area contributed by atoms with Crippen molar-refractivity contribution in [2.75, 3.05) is 13.1 Å². The number of benzene rings is 1. The fourth-order valence-corrected chi connectivity index (χ4v) is 4.08. The molecule has 1 aliphatic rings. The van der Waals surface area contributed by atoms with Gasteiger partial charge in [-0.25, -0.2) is 17.5 Å². The lowest BCUT2D eigenvalue weighted by Crippen LogP contribution is -2.37. The van der Waals surface area contributed by atoms with E-state index in [0.29, 0.717) is 24.6 Å². The third-order valence-electron chi connectivity index (χ3n) is 3.98. The van der Waals surface area contributed by atoms with Crippen LogP contribution in [-0.4, -0.2) is 36.9 Å². The molecule has 1 saturated carbocycles. The van der Waals surface area contributed by atoms with Gasteiger partial charge in [-0.1, -0.05) is 25.5 Å². The van der Waals surface area contributed by atoms with Gasteiger partial charge >= 0.3 is 5.97 Å². The molecule has 1 aromatic carbocycles. The number of nitrogens with zero attached hydrogens (tertiary/aromatic N) is 1. The van der Waals surface area contributed by atoms with Gasteiger partial charge in [-0.3, -0.25) is 0 Å². The van der Waals surface area contributed by atoms with Crippen LogP contribution in [0.5, 0.6) is 0 Å². The number of sulfonamides is 1. The molecule has 0 atom stereocenters. The molecule has 1 aliphatic carbocycles. The van der Waals surface area contributed by atoms with E-state index in [1.807, 2.05) is 6.92 Å². The fraction of sp³-hybridized carbons (Fsp3) is 0.533. The van der Waals surface area contributed by atoms with Crippen LogP contribution in [0.1, 0.15) is 42.1 Å². The van der Waals surface area contributed by atoms with Gasteiger partial charge in [0, 0.05) is 13.1 Å². The summed E-state index contributed by atoms with van der Waals surface area (Å²) in [4.78, 5) is 10.8. The summed E-state index contributed by atoms with van der Waals surface area (Å²) in [6, 6.07) is 6.02. The maximum Gasteiger partial charge on any atom is 0.335 e. The first-order valence-corrected chi connectivity index (χ1v) is 8.83. The number of rotatable bonds is 7. The third-order valence-corrected chi connectivity index (χ3v) is 5.87. The van der Waals surface area contributed by atoms with Crippen LogP contribution < -0.4 is 0 Å². The van der Waals surface area contributed by atoms with Crippen LogP contribution in [0.2, 0.25) is 0 Å². The zero-order chi connectivity index (χ0) is 15.5. The highest BCUT2D eigenvalue weighted by molar-refractivity contribution is 7.88. The van der Waals surface area contributed by atoms with E-state index in [-0.39, 0.29) is 11.3 Å². The minimum absolute atomic E-state index is 0.0759. The van der Waals surface area contributed by atoms with E-state index in [2.05, 4.69) is 0 Å². The highest BCUT2D eigenvalue weighted by atomic mass is 32.2. The zero-order valence-electron chi connectivity index (χ0n) is 12.2. The van der Waals surface area contributed by atoms with Crippen molar-refractivity contribution in [3.05, 3.63) is 35.4 Å². The summed E-state index contributed by atoms with van der Waals surface area (Å²) in [5.74, 6) is -0.591. The second kappa shape index (κ2) is 6.58. The van der Waals surface area contributed by atoms with E-state index >= 15 is 0 Å². The molecule has 1 N–H and O–H groups in total. The van der Waals surface area contributed by atoms with E-state index in [4.69, 9.17) is 5.11 Å². The van der Waals surface area contributed by atoms with Crippen LogP contribution in [0.25, 0.3) is 0 Å². The summed E-state index contributed by atoms with van der Waals surface area (Å²) in [5.41, 5.74) is 0.782. The molecule has 0 bridgehead atoms. The van der Waals surface area contributed by atoms with Crippen molar-refractivity contribution in [2.45, 2.75) is 31.9 Å². The van der Waals surface area contributed by atoms with Crippen LogP contribution in [0, 0.1) is 5.92 Å². The monoisotopic (exact) mass is 311 g/mol. The minimum Gasteiger partial charge on any atom is -0.478 e. The van der Waals surface area contributed by atoms with Crippen LogP contribution in [0.4, 0.5) is 0 Å². The predicted molar refractivity (Wildman–Crippen MR) is 80.6 cm³/mol. The third kappa shape index (κ3) is 4.04. The fourth-order valence-electron chi connectivity index (χ4n) is 2.45. The maximum absolute atomic E-state index is 12.4. The highest BCUT2D eigenvalue weighted by Gasteiger charge is 2.27. The molecule has 1 aromatic rings. The molecule has 0 spiro atoms. The number of aromatic carboxylic acids is 1. The Kier molecular flexibility index (Phi) is 5.00. The number of hydrogen-bond acceptors (Lipinski definition) is 3. The van der Waals surface area contributed by atoms with E-state index in [1.165, 1.54) is 18.6 Å². The van der Waals surface area contributed by atoms with Gasteiger partial charge in [-0.05, 0) is 36.5 Å². The van der Waals surface area contributed by atoms with Gasteiger partial charge in [-0.2, -0.15) is 0 Å².